The van der Waals surface area contributed by atoms with E-state index in [-0.39, 0.29) is 0 Å². The summed E-state index contributed by atoms with van der Waals surface area (Å²) in [5, 5.41) is 3.33. The Kier molecular flexibility index (Phi) is 3.25. The van der Waals surface area contributed by atoms with Gasteiger partial charge in [-0.1, -0.05) is 18.2 Å². The van der Waals surface area contributed by atoms with Crippen LogP contribution in [0.3, 0.4) is 0 Å². The summed E-state index contributed by atoms with van der Waals surface area (Å²) in [6, 6.07) is 9.89. The summed E-state index contributed by atoms with van der Waals surface area (Å²) in [5.74, 6) is 1.65. The van der Waals surface area contributed by atoms with Gasteiger partial charge in [0.2, 0.25) is 0 Å². The van der Waals surface area contributed by atoms with Crippen LogP contribution in [-0.2, 0) is 13.6 Å². The third kappa shape index (κ3) is 2.18. The van der Waals surface area contributed by atoms with Gasteiger partial charge in [0.25, 0.3) is 0 Å². The minimum Gasteiger partial charge on any atom is -0.496 e. The van der Waals surface area contributed by atoms with Gasteiger partial charge in [0.1, 0.15) is 11.3 Å². The van der Waals surface area contributed by atoms with Crippen LogP contribution in [0.4, 0.5) is 5.82 Å². The molecule has 102 valence electrons. The molecule has 0 unspecified atom stereocenters. The molecule has 3 aromatic rings. The van der Waals surface area contributed by atoms with Crippen LogP contribution in [0.2, 0.25) is 0 Å². The number of methoxy groups -OCH3 is 1. The summed E-state index contributed by atoms with van der Waals surface area (Å²) in [5.41, 5.74) is 3.03. The Morgan fingerprint density at radius 2 is 2.05 bits per heavy atom. The summed E-state index contributed by atoms with van der Waals surface area (Å²) >= 11 is 0. The second-order valence-corrected chi connectivity index (χ2v) is 4.55. The number of aromatic nitrogens is 3. The number of benzene rings is 1. The molecular formula is C15H16N4O. The summed E-state index contributed by atoms with van der Waals surface area (Å²) in [4.78, 5) is 8.74. The molecule has 0 radical (unpaired) electrons. The maximum Gasteiger partial charge on any atom is 0.154 e. The van der Waals surface area contributed by atoms with Gasteiger partial charge in [0, 0.05) is 25.4 Å². The molecule has 0 bridgehead atoms. The maximum atomic E-state index is 5.35. The molecular weight excluding hydrogens is 252 g/mol. The number of imidazole rings is 1. The number of aryl methyl sites for hydroxylation is 1. The van der Waals surface area contributed by atoms with Crippen molar-refractivity contribution in [2.45, 2.75) is 6.54 Å². The summed E-state index contributed by atoms with van der Waals surface area (Å²) < 4.78 is 7.32. The van der Waals surface area contributed by atoms with Gasteiger partial charge in [-0.2, -0.15) is 0 Å². The monoisotopic (exact) mass is 268 g/mol. The zero-order chi connectivity index (χ0) is 13.9. The average Bonchev–Trinajstić information content (AvgIpc) is 2.88. The number of nitrogens with zero attached hydrogens (tertiary/aromatic N) is 3. The van der Waals surface area contributed by atoms with Crippen molar-refractivity contribution in [1.82, 2.24) is 14.5 Å². The van der Waals surface area contributed by atoms with Gasteiger partial charge in [0.15, 0.2) is 5.82 Å². The fraction of sp³-hybridized carbons (Fsp3) is 0.200. The Bertz CT molecular complexity index is 736. The summed E-state index contributed by atoms with van der Waals surface area (Å²) in [7, 11) is 3.65. The molecule has 0 fully saturated rings. The topological polar surface area (TPSA) is 52.0 Å². The Balaban J connectivity index is 1.87. The first kappa shape index (κ1) is 12.5. The lowest BCUT2D eigenvalue weighted by Gasteiger charge is -2.10. The zero-order valence-electron chi connectivity index (χ0n) is 11.5. The van der Waals surface area contributed by atoms with Crippen LogP contribution in [0.5, 0.6) is 5.75 Å². The lowest BCUT2D eigenvalue weighted by molar-refractivity contribution is 0.410. The van der Waals surface area contributed by atoms with Crippen molar-refractivity contribution < 1.29 is 4.74 Å². The third-order valence-corrected chi connectivity index (χ3v) is 3.28. The van der Waals surface area contributed by atoms with E-state index in [4.69, 9.17) is 4.74 Å². The van der Waals surface area contributed by atoms with E-state index >= 15 is 0 Å². The van der Waals surface area contributed by atoms with Crippen LogP contribution in [0.15, 0.2) is 42.9 Å². The highest BCUT2D eigenvalue weighted by molar-refractivity contribution is 5.85. The molecule has 5 heteroatoms. The first-order chi connectivity index (χ1) is 9.79. The van der Waals surface area contributed by atoms with Crippen LogP contribution in [0.25, 0.3) is 11.0 Å². The summed E-state index contributed by atoms with van der Waals surface area (Å²) in [6.45, 7) is 0.646. The number of pyridine rings is 1. The molecule has 3 rings (SSSR count). The van der Waals surface area contributed by atoms with Crippen molar-refractivity contribution in [3.63, 3.8) is 0 Å². The smallest absolute Gasteiger partial charge is 0.154 e. The van der Waals surface area contributed by atoms with Crippen LogP contribution in [0.1, 0.15) is 5.56 Å². The molecule has 1 N–H and O–H groups in total. The number of anilines is 1. The van der Waals surface area contributed by atoms with Crippen molar-refractivity contribution >= 4 is 16.9 Å². The minimum absolute atomic E-state index is 0.646. The SMILES string of the molecule is COc1ccccc1CNc1nccc2c1ncn2C. The van der Waals surface area contributed by atoms with E-state index in [1.807, 2.05) is 41.9 Å². The molecule has 0 spiro atoms. The van der Waals surface area contributed by atoms with Gasteiger partial charge in [0.05, 0.1) is 19.0 Å². The number of hydrogen-bond acceptors (Lipinski definition) is 4. The Labute approximate surface area is 117 Å². The van der Waals surface area contributed by atoms with E-state index in [0.717, 1.165) is 28.2 Å². The first-order valence-electron chi connectivity index (χ1n) is 6.41. The second-order valence-electron chi connectivity index (χ2n) is 4.55. The molecule has 0 saturated carbocycles. The van der Waals surface area contributed by atoms with Gasteiger partial charge in [-0.3, -0.25) is 0 Å². The highest BCUT2D eigenvalue weighted by atomic mass is 16.5. The van der Waals surface area contributed by atoms with Crippen LogP contribution >= 0.6 is 0 Å². The number of hydrogen-bond donors (Lipinski definition) is 1. The fourth-order valence-corrected chi connectivity index (χ4v) is 2.22. The first-order valence-corrected chi connectivity index (χ1v) is 6.41. The summed E-state index contributed by atoms with van der Waals surface area (Å²) in [6.07, 6.45) is 3.58. The fourth-order valence-electron chi connectivity index (χ4n) is 2.22. The van der Waals surface area contributed by atoms with Crippen molar-refractivity contribution in [2.24, 2.45) is 7.05 Å². The maximum absolute atomic E-state index is 5.35. The van der Waals surface area contributed by atoms with Gasteiger partial charge in [-0.25, -0.2) is 9.97 Å². The lowest BCUT2D eigenvalue weighted by Crippen LogP contribution is -2.03. The average molecular weight is 268 g/mol. The molecule has 0 atom stereocenters. The van der Waals surface area contributed by atoms with Gasteiger partial charge < -0.3 is 14.6 Å². The van der Waals surface area contributed by atoms with Crippen LogP contribution in [0, 0.1) is 0 Å². The van der Waals surface area contributed by atoms with Crippen molar-refractivity contribution in [1.29, 1.82) is 0 Å². The normalized spacial score (nSPS) is 10.7. The Morgan fingerprint density at radius 3 is 2.90 bits per heavy atom. The molecule has 0 aliphatic carbocycles. The Hall–Kier alpha value is -2.56. The van der Waals surface area contributed by atoms with Crippen molar-refractivity contribution in [3.8, 4) is 5.75 Å². The van der Waals surface area contributed by atoms with Crippen LogP contribution < -0.4 is 10.1 Å². The number of fused-ring (bicyclic) bond motifs is 1. The van der Waals surface area contributed by atoms with E-state index < -0.39 is 0 Å². The lowest BCUT2D eigenvalue weighted by atomic mass is 10.2. The van der Waals surface area contributed by atoms with Gasteiger partial charge in [-0.15, -0.1) is 0 Å². The zero-order valence-corrected chi connectivity index (χ0v) is 11.5. The Morgan fingerprint density at radius 1 is 1.20 bits per heavy atom. The van der Waals surface area contributed by atoms with E-state index in [9.17, 15) is 0 Å². The molecule has 0 saturated heterocycles. The third-order valence-electron chi connectivity index (χ3n) is 3.28. The van der Waals surface area contributed by atoms with Crippen LogP contribution in [-0.4, -0.2) is 21.6 Å². The van der Waals surface area contributed by atoms with Gasteiger partial charge >= 0.3 is 0 Å². The quantitative estimate of drug-likeness (QED) is 0.790. The molecule has 20 heavy (non-hydrogen) atoms. The number of nitrogens with one attached hydrogen (secondary N) is 1. The number of rotatable bonds is 4. The molecule has 1 aromatic carbocycles. The minimum atomic E-state index is 0.646. The molecule has 5 nitrogen and oxygen atoms in total. The second kappa shape index (κ2) is 5.21. The highest BCUT2D eigenvalue weighted by Gasteiger charge is 2.07. The standard InChI is InChI=1S/C15H16N4O/c1-19-10-18-14-12(19)7-8-16-15(14)17-9-11-5-3-4-6-13(11)20-2/h3-8,10H,9H2,1-2H3,(H,16,17). The van der Waals surface area contributed by atoms with Crippen molar-refractivity contribution in [3.05, 3.63) is 48.4 Å². The highest BCUT2D eigenvalue weighted by Crippen LogP contribution is 2.22. The van der Waals surface area contributed by atoms with E-state index in [0.29, 0.717) is 6.54 Å². The predicted molar refractivity (Wildman–Crippen MR) is 78.8 cm³/mol. The van der Waals surface area contributed by atoms with E-state index in [1.165, 1.54) is 0 Å². The molecule has 2 heterocycles. The largest absolute Gasteiger partial charge is 0.496 e. The van der Waals surface area contributed by atoms with E-state index in [1.54, 1.807) is 19.6 Å². The number of ether oxygens (including phenoxy) is 1. The van der Waals surface area contributed by atoms with E-state index in [2.05, 4.69) is 15.3 Å². The van der Waals surface area contributed by atoms with Crippen molar-refractivity contribution in [2.75, 3.05) is 12.4 Å². The molecule has 0 aliphatic heterocycles. The molecule has 0 aliphatic rings. The molecule has 0 amide bonds. The molecule has 2 aromatic heterocycles. The van der Waals surface area contributed by atoms with Gasteiger partial charge in [-0.05, 0) is 12.1 Å². The predicted octanol–water partition coefficient (Wildman–Crippen LogP) is 2.59. The number of para-hydroxylation sites is 1.